The molecule has 16 nitrogen and oxygen atoms in total. The molecule has 2 fully saturated rings. The molecular weight excluding hydrogens is 522 g/mol. The fourth-order valence-electron chi connectivity index (χ4n) is 4.84. The molecule has 9 unspecified atom stereocenters. The van der Waals surface area contributed by atoms with Gasteiger partial charge in [0, 0.05) is 30.8 Å². The third kappa shape index (κ3) is 6.10. The van der Waals surface area contributed by atoms with Gasteiger partial charge < -0.3 is 46.3 Å². The van der Waals surface area contributed by atoms with Crippen LogP contribution in [-0.4, -0.2) is 103 Å². The molecule has 9 N–H and O–H groups in total. The van der Waals surface area contributed by atoms with Crippen LogP contribution in [0, 0.1) is 0 Å². The predicted octanol–water partition coefficient (Wildman–Crippen LogP) is -4.77. The van der Waals surface area contributed by atoms with Crippen molar-refractivity contribution in [1.82, 2.24) is 20.2 Å². The molecule has 214 valence electrons. The zero-order chi connectivity index (χ0) is 28.4. The topological polar surface area (TPSA) is 256 Å². The number of primary amides is 1. The predicted molar refractivity (Wildman–Crippen MR) is 129 cm³/mol. The summed E-state index contributed by atoms with van der Waals surface area (Å²) in [6.07, 6.45) is -9.43. The number of rotatable bonds is 7. The molecule has 0 bridgehead atoms. The summed E-state index contributed by atoms with van der Waals surface area (Å²) >= 11 is 0. The zero-order valence-corrected chi connectivity index (χ0v) is 20.6. The number of carbonyl (C=O) groups excluding carboxylic acids is 3. The van der Waals surface area contributed by atoms with Crippen molar-refractivity contribution in [2.45, 2.75) is 80.7 Å². The molecule has 16 heteroatoms. The number of hydrogen-bond acceptors (Lipinski definition) is 11. The summed E-state index contributed by atoms with van der Waals surface area (Å²) in [5, 5.41) is 47.3. The molecule has 9 atom stereocenters. The smallest absolute Gasteiger partial charge is 0.330 e. The number of aliphatic hydroxyl groups excluding tert-OH is 4. The molecule has 39 heavy (non-hydrogen) atoms. The van der Waals surface area contributed by atoms with Crippen LogP contribution in [0.4, 0.5) is 0 Å². The van der Waals surface area contributed by atoms with Gasteiger partial charge in [-0.2, -0.15) is 0 Å². The van der Waals surface area contributed by atoms with Gasteiger partial charge in [-0.25, -0.2) is 4.79 Å². The van der Waals surface area contributed by atoms with E-state index in [-0.39, 0.29) is 17.9 Å². The molecular formula is C23H31N5O11. The minimum absolute atomic E-state index is 0.0244. The normalized spacial score (nSPS) is 33.9. The molecule has 1 aromatic rings. The first-order valence-electron chi connectivity index (χ1n) is 12.4. The number of nitrogens with two attached hydrogens (primary N) is 1. The Bertz CT molecular complexity index is 1250. The van der Waals surface area contributed by atoms with Gasteiger partial charge in [0.25, 0.3) is 5.56 Å². The zero-order valence-electron chi connectivity index (χ0n) is 20.6. The number of aliphatic hydroxyl groups is 4. The SMILES string of the molecule is NC(=O)C(OC1CC(C(=O)NC2CCCCNC2=O)=CC(O)C1O)C1OC(n2ccc(=O)[nH]c2=O)C(O)C1O. The maximum absolute atomic E-state index is 12.9. The van der Waals surface area contributed by atoms with Crippen molar-refractivity contribution >= 4 is 17.7 Å². The number of nitrogens with zero attached hydrogens (tertiary/aromatic N) is 1. The average molecular weight is 554 g/mol. The van der Waals surface area contributed by atoms with Crippen LogP contribution in [0.3, 0.4) is 0 Å². The second kappa shape index (κ2) is 11.8. The number of hydrogen-bond donors (Lipinski definition) is 8. The van der Waals surface area contributed by atoms with Gasteiger partial charge in [0.2, 0.25) is 17.7 Å². The van der Waals surface area contributed by atoms with Crippen LogP contribution < -0.4 is 27.6 Å². The average Bonchev–Trinajstić information content (AvgIpc) is 3.02. The van der Waals surface area contributed by atoms with Crippen LogP contribution in [0.15, 0.2) is 33.5 Å². The molecule has 3 aliphatic rings. The second-order valence-electron chi connectivity index (χ2n) is 9.68. The Kier molecular flexibility index (Phi) is 8.63. The van der Waals surface area contributed by atoms with Gasteiger partial charge in [0.15, 0.2) is 12.3 Å². The largest absolute Gasteiger partial charge is 0.387 e. The Balaban J connectivity index is 1.50. The van der Waals surface area contributed by atoms with Crippen LogP contribution in [0.2, 0.25) is 0 Å². The fraction of sp³-hybridized carbons (Fsp3) is 0.609. The van der Waals surface area contributed by atoms with Crippen molar-refractivity contribution in [2.24, 2.45) is 5.73 Å². The molecule has 0 radical (unpaired) electrons. The van der Waals surface area contributed by atoms with E-state index >= 15 is 0 Å². The van der Waals surface area contributed by atoms with Gasteiger partial charge in [0.1, 0.15) is 36.6 Å². The molecule has 2 aliphatic heterocycles. The van der Waals surface area contributed by atoms with E-state index in [9.17, 15) is 44.4 Å². The summed E-state index contributed by atoms with van der Waals surface area (Å²) in [7, 11) is 0. The van der Waals surface area contributed by atoms with Gasteiger partial charge in [-0.05, 0) is 25.3 Å². The van der Waals surface area contributed by atoms with Crippen LogP contribution >= 0.6 is 0 Å². The van der Waals surface area contributed by atoms with Crippen LogP contribution in [-0.2, 0) is 23.9 Å². The summed E-state index contributed by atoms with van der Waals surface area (Å²) in [5.74, 6) is -2.20. The van der Waals surface area contributed by atoms with Crippen molar-refractivity contribution < 1.29 is 44.3 Å². The van der Waals surface area contributed by atoms with Gasteiger partial charge in [-0.15, -0.1) is 0 Å². The minimum atomic E-state index is -1.81. The molecule has 1 aromatic heterocycles. The monoisotopic (exact) mass is 553 g/mol. The highest BCUT2D eigenvalue weighted by Gasteiger charge is 2.51. The van der Waals surface area contributed by atoms with Crippen molar-refractivity contribution in [3.63, 3.8) is 0 Å². The van der Waals surface area contributed by atoms with E-state index < -0.39 is 78.1 Å². The van der Waals surface area contributed by atoms with Crippen molar-refractivity contribution in [2.75, 3.05) is 6.54 Å². The number of ether oxygens (including phenoxy) is 2. The highest BCUT2D eigenvalue weighted by molar-refractivity contribution is 5.97. The van der Waals surface area contributed by atoms with Gasteiger partial charge in [0.05, 0.1) is 6.10 Å². The first-order chi connectivity index (χ1) is 18.5. The van der Waals surface area contributed by atoms with E-state index in [0.29, 0.717) is 19.4 Å². The van der Waals surface area contributed by atoms with Crippen LogP contribution in [0.5, 0.6) is 0 Å². The van der Waals surface area contributed by atoms with Gasteiger partial charge >= 0.3 is 5.69 Å². The highest BCUT2D eigenvalue weighted by atomic mass is 16.6. The summed E-state index contributed by atoms with van der Waals surface area (Å²) in [6, 6.07) is 0.191. The minimum Gasteiger partial charge on any atom is -0.387 e. The number of aromatic nitrogens is 2. The van der Waals surface area contributed by atoms with E-state index in [4.69, 9.17) is 15.2 Å². The van der Waals surface area contributed by atoms with Gasteiger partial charge in [-0.1, -0.05) is 0 Å². The molecule has 3 amide bonds. The number of carbonyl (C=O) groups is 3. The molecule has 3 heterocycles. The summed E-state index contributed by atoms with van der Waals surface area (Å²) < 4.78 is 12.0. The Morgan fingerprint density at radius 3 is 2.56 bits per heavy atom. The third-order valence-electron chi connectivity index (χ3n) is 6.96. The van der Waals surface area contributed by atoms with Crippen molar-refractivity contribution in [3.05, 3.63) is 44.8 Å². The molecule has 2 saturated heterocycles. The Morgan fingerprint density at radius 2 is 1.87 bits per heavy atom. The molecule has 0 saturated carbocycles. The van der Waals surface area contributed by atoms with E-state index in [1.165, 1.54) is 0 Å². The summed E-state index contributed by atoms with van der Waals surface area (Å²) in [5.41, 5.74) is 3.78. The molecule has 4 rings (SSSR count). The number of H-pyrrole nitrogens is 1. The molecule has 1 aliphatic carbocycles. The number of aromatic amines is 1. The standard InChI is InChI=1S/C23H31N5O11/c24-19(34)18(17-15(32)16(33)22(39-17)28-6-4-13(30)27-23(28)37)38-12-8-9(7-11(29)14(12)31)20(35)26-10-3-1-2-5-25-21(10)36/h4,6-7,10-12,14-18,22,29,31-33H,1-3,5,8H2,(H2,24,34)(H,25,36)(H,26,35)(H,27,30,37). The van der Waals surface area contributed by atoms with Crippen molar-refractivity contribution in [1.29, 1.82) is 0 Å². The molecule has 0 spiro atoms. The second-order valence-corrected chi connectivity index (χ2v) is 9.68. The Hall–Kier alpha value is -3.41. The van der Waals surface area contributed by atoms with Crippen LogP contribution in [0.1, 0.15) is 31.9 Å². The summed E-state index contributed by atoms with van der Waals surface area (Å²) in [4.78, 5) is 62.9. The van der Waals surface area contributed by atoms with Crippen molar-refractivity contribution in [3.8, 4) is 0 Å². The quantitative estimate of drug-likeness (QED) is 0.159. The molecule has 0 aromatic carbocycles. The highest BCUT2D eigenvalue weighted by Crippen LogP contribution is 2.33. The maximum Gasteiger partial charge on any atom is 0.330 e. The lowest BCUT2D eigenvalue weighted by atomic mass is 9.91. The van der Waals surface area contributed by atoms with E-state index in [2.05, 4.69) is 10.6 Å². The van der Waals surface area contributed by atoms with E-state index in [1.54, 1.807) is 0 Å². The van der Waals surface area contributed by atoms with Gasteiger partial charge in [-0.3, -0.25) is 28.7 Å². The van der Waals surface area contributed by atoms with E-state index in [0.717, 1.165) is 29.3 Å². The lowest BCUT2D eigenvalue weighted by Gasteiger charge is -2.35. The summed E-state index contributed by atoms with van der Waals surface area (Å²) in [6.45, 7) is 0.491. The lowest BCUT2D eigenvalue weighted by molar-refractivity contribution is -0.174. The fourth-order valence-corrected chi connectivity index (χ4v) is 4.84. The Morgan fingerprint density at radius 1 is 1.13 bits per heavy atom. The Labute approximate surface area is 220 Å². The lowest BCUT2D eigenvalue weighted by Crippen LogP contribution is -2.53. The number of amides is 3. The first-order valence-corrected chi connectivity index (χ1v) is 12.4. The maximum atomic E-state index is 12.9. The van der Waals surface area contributed by atoms with E-state index in [1.807, 2.05) is 4.98 Å². The first kappa shape index (κ1) is 28.6. The third-order valence-corrected chi connectivity index (χ3v) is 6.96. The number of nitrogens with one attached hydrogen (secondary N) is 3. The van der Waals surface area contributed by atoms with Crippen LogP contribution in [0.25, 0.3) is 0 Å².